The first-order chi connectivity index (χ1) is 14.0. The second-order valence-electron chi connectivity index (χ2n) is 7.90. The van der Waals surface area contributed by atoms with E-state index in [4.69, 9.17) is 14.7 Å². The number of halogens is 1. The number of carboxylic acids is 2. The van der Waals surface area contributed by atoms with Crippen LogP contribution in [0.3, 0.4) is 0 Å². The van der Waals surface area contributed by atoms with Gasteiger partial charge in [-0.25, -0.2) is 14.0 Å². The number of aliphatic carboxylic acids is 2. The van der Waals surface area contributed by atoms with Gasteiger partial charge < -0.3 is 24.7 Å². The Morgan fingerprint density at radius 1 is 1.23 bits per heavy atom. The van der Waals surface area contributed by atoms with Crippen molar-refractivity contribution in [2.24, 2.45) is 0 Å². The minimum absolute atomic E-state index is 0.295. The molecule has 0 atom stereocenters. The highest BCUT2D eigenvalue weighted by Crippen LogP contribution is 2.32. The minimum atomic E-state index is -1.26. The SMILES string of the molecule is CC(C)(O)CCN1CCC(c2noc3cc(F)ccc23)CC1.O=C(O)C=CC(=O)O. The molecule has 1 aliphatic rings. The Balaban J connectivity index is 0.000000343. The zero-order valence-electron chi connectivity index (χ0n) is 17.0. The number of aliphatic hydroxyl groups is 1. The number of carbonyl (C=O) groups is 2. The van der Waals surface area contributed by atoms with E-state index in [9.17, 15) is 19.1 Å². The molecule has 8 nitrogen and oxygen atoms in total. The number of hydrogen-bond acceptors (Lipinski definition) is 6. The van der Waals surface area contributed by atoms with Gasteiger partial charge in [0.1, 0.15) is 5.82 Å². The van der Waals surface area contributed by atoms with Gasteiger partial charge in [0.2, 0.25) is 0 Å². The molecule has 0 amide bonds. The molecule has 0 spiro atoms. The third-order valence-electron chi connectivity index (χ3n) is 4.84. The summed E-state index contributed by atoms with van der Waals surface area (Å²) in [5.74, 6) is -2.44. The molecule has 3 rings (SSSR count). The van der Waals surface area contributed by atoms with Crippen molar-refractivity contribution < 1.29 is 33.8 Å². The molecule has 2 aromatic rings. The zero-order chi connectivity index (χ0) is 22.3. The number of rotatable bonds is 6. The highest BCUT2D eigenvalue weighted by molar-refractivity contribution is 5.89. The lowest BCUT2D eigenvalue weighted by Gasteiger charge is -2.32. The van der Waals surface area contributed by atoms with Crippen molar-refractivity contribution in [3.05, 3.63) is 41.9 Å². The summed E-state index contributed by atoms with van der Waals surface area (Å²) in [6.45, 7) is 6.61. The number of carboxylic acid groups (broad SMARTS) is 2. The van der Waals surface area contributed by atoms with Crippen molar-refractivity contribution in [3.8, 4) is 0 Å². The summed E-state index contributed by atoms with van der Waals surface area (Å²) in [4.78, 5) is 21.5. The summed E-state index contributed by atoms with van der Waals surface area (Å²) >= 11 is 0. The van der Waals surface area contributed by atoms with E-state index in [1.807, 2.05) is 13.8 Å². The van der Waals surface area contributed by atoms with Gasteiger partial charge in [0.25, 0.3) is 0 Å². The first kappa shape index (κ1) is 23.5. The van der Waals surface area contributed by atoms with Crippen LogP contribution in [0.2, 0.25) is 0 Å². The van der Waals surface area contributed by atoms with Crippen LogP contribution in [0, 0.1) is 5.82 Å². The molecule has 164 valence electrons. The lowest BCUT2D eigenvalue weighted by atomic mass is 9.91. The molecule has 0 aliphatic carbocycles. The fraction of sp³-hybridized carbons (Fsp3) is 0.476. The van der Waals surface area contributed by atoms with E-state index in [-0.39, 0.29) is 5.82 Å². The van der Waals surface area contributed by atoms with Gasteiger partial charge in [0.15, 0.2) is 5.58 Å². The predicted molar refractivity (Wildman–Crippen MR) is 108 cm³/mol. The summed E-state index contributed by atoms with van der Waals surface area (Å²) in [7, 11) is 0. The molecule has 0 radical (unpaired) electrons. The van der Waals surface area contributed by atoms with Crippen LogP contribution >= 0.6 is 0 Å². The summed E-state index contributed by atoms with van der Waals surface area (Å²) < 4.78 is 18.5. The maximum atomic E-state index is 13.2. The van der Waals surface area contributed by atoms with Crippen molar-refractivity contribution in [2.75, 3.05) is 19.6 Å². The Hall–Kier alpha value is -2.78. The smallest absolute Gasteiger partial charge is 0.328 e. The monoisotopic (exact) mass is 422 g/mol. The second-order valence-corrected chi connectivity index (χ2v) is 7.90. The van der Waals surface area contributed by atoms with Crippen LogP contribution in [-0.4, -0.2) is 62.6 Å². The molecule has 2 heterocycles. The van der Waals surface area contributed by atoms with Crippen molar-refractivity contribution >= 4 is 22.9 Å². The largest absolute Gasteiger partial charge is 0.478 e. The Bertz CT molecular complexity index is 879. The quantitative estimate of drug-likeness (QED) is 0.607. The van der Waals surface area contributed by atoms with Crippen LogP contribution in [0.15, 0.2) is 34.9 Å². The van der Waals surface area contributed by atoms with Crippen molar-refractivity contribution in [3.63, 3.8) is 0 Å². The number of nitrogens with zero attached hydrogens (tertiary/aromatic N) is 2. The summed E-state index contributed by atoms with van der Waals surface area (Å²) in [5.41, 5.74) is 0.875. The molecule has 9 heteroatoms. The van der Waals surface area contributed by atoms with Gasteiger partial charge in [-0.15, -0.1) is 0 Å². The third-order valence-corrected chi connectivity index (χ3v) is 4.84. The van der Waals surface area contributed by atoms with E-state index in [1.165, 1.54) is 12.1 Å². The Morgan fingerprint density at radius 3 is 2.37 bits per heavy atom. The topological polar surface area (TPSA) is 124 Å². The number of aromatic nitrogens is 1. The minimum Gasteiger partial charge on any atom is -0.478 e. The molecular weight excluding hydrogens is 395 g/mol. The van der Waals surface area contributed by atoms with Crippen LogP contribution in [-0.2, 0) is 9.59 Å². The Labute approximate surface area is 173 Å². The molecule has 1 saturated heterocycles. The number of hydrogen-bond donors (Lipinski definition) is 3. The highest BCUT2D eigenvalue weighted by atomic mass is 19.1. The first-order valence-corrected chi connectivity index (χ1v) is 9.68. The standard InChI is InChI=1S/C17H23FN2O2.C4H4O4/c1-17(2,21)7-10-20-8-5-12(6-9-20)16-14-4-3-13(18)11-15(14)22-19-16;5-3(6)1-2-4(7)8/h3-4,11-12,21H,5-10H2,1-2H3;1-2H,(H,5,6)(H,7,8). The fourth-order valence-corrected chi connectivity index (χ4v) is 3.23. The predicted octanol–water partition coefficient (Wildman–Crippen LogP) is 3.02. The Morgan fingerprint density at radius 2 is 1.83 bits per heavy atom. The maximum absolute atomic E-state index is 13.2. The van der Waals surface area contributed by atoms with Gasteiger partial charge in [-0.3, -0.25) is 0 Å². The molecule has 1 aromatic heterocycles. The first-order valence-electron chi connectivity index (χ1n) is 9.68. The molecule has 0 unspecified atom stereocenters. The lowest BCUT2D eigenvalue weighted by Crippen LogP contribution is -2.36. The lowest BCUT2D eigenvalue weighted by molar-refractivity contribution is -0.134. The number of piperidine rings is 1. The number of benzene rings is 1. The van der Waals surface area contributed by atoms with Crippen LogP contribution in [0.1, 0.15) is 44.7 Å². The van der Waals surface area contributed by atoms with Gasteiger partial charge in [-0.1, -0.05) is 5.16 Å². The van der Waals surface area contributed by atoms with Crippen molar-refractivity contribution in [2.45, 2.75) is 44.6 Å². The van der Waals surface area contributed by atoms with E-state index in [2.05, 4.69) is 10.1 Å². The van der Waals surface area contributed by atoms with Crippen LogP contribution in [0.25, 0.3) is 11.0 Å². The van der Waals surface area contributed by atoms with Gasteiger partial charge in [0.05, 0.1) is 11.3 Å². The van der Waals surface area contributed by atoms with Crippen molar-refractivity contribution in [1.29, 1.82) is 0 Å². The normalized spacial score (nSPS) is 15.9. The molecule has 1 aromatic carbocycles. The van der Waals surface area contributed by atoms with Crippen molar-refractivity contribution in [1.82, 2.24) is 10.1 Å². The van der Waals surface area contributed by atoms with Crippen LogP contribution in [0.5, 0.6) is 0 Å². The summed E-state index contributed by atoms with van der Waals surface area (Å²) in [5, 5.41) is 30.5. The van der Waals surface area contributed by atoms with E-state index in [1.54, 1.807) is 6.07 Å². The van der Waals surface area contributed by atoms with E-state index < -0.39 is 17.5 Å². The van der Waals surface area contributed by atoms with Gasteiger partial charge in [-0.2, -0.15) is 0 Å². The van der Waals surface area contributed by atoms with E-state index in [0.29, 0.717) is 23.7 Å². The average Bonchev–Trinajstić information content (AvgIpc) is 3.08. The highest BCUT2D eigenvalue weighted by Gasteiger charge is 2.26. The van der Waals surface area contributed by atoms with Gasteiger partial charge in [-0.05, 0) is 58.3 Å². The second kappa shape index (κ2) is 10.3. The molecule has 1 aliphatic heterocycles. The number of fused-ring (bicyclic) bond motifs is 1. The average molecular weight is 422 g/mol. The molecular formula is C21H27FN2O6. The van der Waals surface area contributed by atoms with Gasteiger partial charge in [0, 0.05) is 36.1 Å². The van der Waals surface area contributed by atoms with E-state index in [0.717, 1.165) is 50.0 Å². The summed E-state index contributed by atoms with van der Waals surface area (Å²) in [6, 6.07) is 4.61. The maximum Gasteiger partial charge on any atom is 0.328 e. The van der Waals surface area contributed by atoms with Gasteiger partial charge >= 0.3 is 11.9 Å². The zero-order valence-corrected chi connectivity index (χ0v) is 17.0. The van der Waals surface area contributed by atoms with E-state index >= 15 is 0 Å². The third kappa shape index (κ3) is 7.57. The van der Waals surface area contributed by atoms with Crippen LogP contribution in [0.4, 0.5) is 4.39 Å². The molecule has 30 heavy (non-hydrogen) atoms. The molecule has 0 bridgehead atoms. The number of likely N-dealkylation sites (tertiary alicyclic amines) is 1. The molecule has 3 N–H and O–H groups in total. The molecule has 1 fully saturated rings. The Kier molecular flexibility index (Phi) is 8.08. The summed E-state index contributed by atoms with van der Waals surface area (Å²) in [6.07, 6.45) is 3.93. The fourth-order valence-electron chi connectivity index (χ4n) is 3.23. The molecule has 0 saturated carbocycles. The van der Waals surface area contributed by atoms with Crippen LogP contribution < -0.4 is 0 Å².